The summed E-state index contributed by atoms with van der Waals surface area (Å²) >= 11 is 0. The van der Waals surface area contributed by atoms with Crippen molar-refractivity contribution in [2.24, 2.45) is 0 Å². The fourth-order valence-electron chi connectivity index (χ4n) is 2.71. The zero-order chi connectivity index (χ0) is 15.0. The molecule has 1 amide bonds. The Morgan fingerprint density at radius 3 is 2.30 bits per heavy atom. The number of carboxylic acid groups (broad SMARTS) is 1. The molecule has 1 rings (SSSR count). The molecule has 1 fully saturated rings. The summed E-state index contributed by atoms with van der Waals surface area (Å²) in [6, 6.07) is 0.174. The van der Waals surface area contributed by atoms with Crippen molar-refractivity contribution in [3.63, 3.8) is 0 Å². The molecule has 0 aromatic rings. The molecule has 118 valence electrons. The van der Waals surface area contributed by atoms with Gasteiger partial charge in [-0.15, -0.1) is 0 Å². The van der Waals surface area contributed by atoms with Crippen molar-refractivity contribution in [1.82, 2.24) is 9.80 Å². The molecule has 20 heavy (non-hydrogen) atoms. The van der Waals surface area contributed by atoms with Crippen molar-refractivity contribution in [2.75, 3.05) is 34.3 Å². The summed E-state index contributed by atoms with van der Waals surface area (Å²) in [5.41, 5.74) is 0. The topological polar surface area (TPSA) is 53.0 Å². The lowest BCUT2D eigenvalue weighted by Crippen LogP contribution is -2.39. The molecule has 0 aliphatic heterocycles. The Morgan fingerprint density at radius 1 is 1.10 bits per heavy atom. The molecule has 0 aromatic carbocycles. The van der Waals surface area contributed by atoms with Crippen LogP contribution in [0.4, 0.5) is 4.79 Å². The molecule has 0 spiro atoms. The van der Waals surface area contributed by atoms with E-state index in [0.717, 1.165) is 45.3 Å². The average Bonchev–Trinajstić information content (AvgIpc) is 2.42. The van der Waals surface area contributed by atoms with Crippen LogP contribution in [-0.4, -0.2) is 67.4 Å². The summed E-state index contributed by atoms with van der Waals surface area (Å²) in [4.78, 5) is 14.5. The third-order valence-electron chi connectivity index (χ3n) is 4.10. The Hall–Kier alpha value is -0.810. The van der Waals surface area contributed by atoms with Gasteiger partial charge in [0.2, 0.25) is 0 Å². The highest BCUT2D eigenvalue weighted by atomic mass is 16.5. The molecule has 1 saturated carbocycles. The maximum absolute atomic E-state index is 10.9. The van der Waals surface area contributed by atoms with E-state index in [1.54, 1.807) is 7.05 Å². The molecule has 0 heterocycles. The third kappa shape index (κ3) is 6.57. The smallest absolute Gasteiger partial charge is 0.407 e. The van der Waals surface area contributed by atoms with Crippen LogP contribution in [0.15, 0.2) is 0 Å². The highest BCUT2D eigenvalue weighted by Crippen LogP contribution is 2.24. The van der Waals surface area contributed by atoms with Gasteiger partial charge >= 0.3 is 6.09 Å². The molecule has 5 nitrogen and oxygen atoms in total. The SMILES string of the molecule is CN(C)CCCCCOC1CCC(N(C)C(=O)O)CC1. The monoisotopic (exact) mass is 286 g/mol. The molecule has 0 atom stereocenters. The second-order valence-electron chi connectivity index (χ2n) is 6.06. The Morgan fingerprint density at radius 2 is 1.75 bits per heavy atom. The third-order valence-corrected chi connectivity index (χ3v) is 4.10. The van der Waals surface area contributed by atoms with Gasteiger partial charge in [0.05, 0.1) is 6.10 Å². The molecule has 1 N–H and O–H groups in total. The van der Waals surface area contributed by atoms with Gasteiger partial charge in [0.1, 0.15) is 0 Å². The van der Waals surface area contributed by atoms with Crippen LogP contribution < -0.4 is 0 Å². The highest BCUT2D eigenvalue weighted by Gasteiger charge is 2.26. The van der Waals surface area contributed by atoms with Crippen LogP contribution in [-0.2, 0) is 4.74 Å². The number of carbonyl (C=O) groups is 1. The molecule has 0 aromatic heterocycles. The summed E-state index contributed by atoms with van der Waals surface area (Å²) in [7, 11) is 5.87. The van der Waals surface area contributed by atoms with Gasteiger partial charge in [-0.1, -0.05) is 0 Å². The minimum atomic E-state index is -0.824. The van der Waals surface area contributed by atoms with E-state index in [4.69, 9.17) is 9.84 Å². The van der Waals surface area contributed by atoms with Crippen LogP contribution in [0.2, 0.25) is 0 Å². The molecular formula is C15H30N2O3. The molecule has 0 radical (unpaired) electrons. The second-order valence-corrected chi connectivity index (χ2v) is 6.06. The number of hydrogen-bond acceptors (Lipinski definition) is 3. The fraction of sp³-hybridized carbons (Fsp3) is 0.933. The van der Waals surface area contributed by atoms with Gasteiger partial charge in [-0.25, -0.2) is 4.79 Å². The van der Waals surface area contributed by atoms with E-state index in [0.29, 0.717) is 6.10 Å². The molecule has 1 aliphatic carbocycles. The first-order valence-electron chi connectivity index (χ1n) is 7.72. The molecule has 0 bridgehead atoms. The Bertz CT molecular complexity index is 276. The van der Waals surface area contributed by atoms with Crippen LogP contribution in [0.1, 0.15) is 44.9 Å². The number of hydrogen-bond donors (Lipinski definition) is 1. The predicted molar refractivity (Wildman–Crippen MR) is 80.2 cm³/mol. The lowest BCUT2D eigenvalue weighted by atomic mass is 9.92. The average molecular weight is 286 g/mol. The van der Waals surface area contributed by atoms with Gasteiger partial charge in [0.15, 0.2) is 0 Å². The summed E-state index contributed by atoms with van der Waals surface area (Å²) in [5.74, 6) is 0. The van der Waals surface area contributed by atoms with E-state index in [2.05, 4.69) is 19.0 Å². The number of ether oxygens (including phenoxy) is 1. The van der Waals surface area contributed by atoms with Gasteiger partial charge in [0, 0.05) is 19.7 Å². The number of amides is 1. The Kier molecular flexibility index (Phi) is 7.92. The number of nitrogens with zero attached hydrogens (tertiary/aromatic N) is 2. The van der Waals surface area contributed by atoms with E-state index >= 15 is 0 Å². The van der Waals surface area contributed by atoms with Gasteiger partial charge in [-0.3, -0.25) is 0 Å². The first-order chi connectivity index (χ1) is 9.50. The summed E-state index contributed by atoms with van der Waals surface area (Å²) in [6.07, 6.45) is 6.91. The lowest BCUT2D eigenvalue weighted by molar-refractivity contribution is 0.00990. The Balaban J connectivity index is 2.04. The highest BCUT2D eigenvalue weighted by molar-refractivity contribution is 5.64. The molecule has 5 heteroatoms. The van der Waals surface area contributed by atoms with Crippen LogP contribution >= 0.6 is 0 Å². The van der Waals surface area contributed by atoms with Crippen LogP contribution in [0.25, 0.3) is 0 Å². The minimum absolute atomic E-state index is 0.174. The minimum Gasteiger partial charge on any atom is -0.465 e. The molecule has 0 saturated heterocycles. The van der Waals surface area contributed by atoms with Crippen LogP contribution in [0.3, 0.4) is 0 Å². The molecule has 1 aliphatic rings. The Labute approximate surface area is 122 Å². The summed E-state index contributed by atoms with van der Waals surface area (Å²) in [5, 5.41) is 8.95. The first-order valence-corrected chi connectivity index (χ1v) is 7.72. The predicted octanol–water partition coefficient (Wildman–Crippen LogP) is 2.66. The van der Waals surface area contributed by atoms with Gasteiger partial charge < -0.3 is 19.6 Å². The summed E-state index contributed by atoms with van der Waals surface area (Å²) < 4.78 is 5.90. The zero-order valence-electron chi connectivity index (χ0n) is 13.2. The number of rotatable bonds is 8. The second kappa shape index (κ2) is 9.19. The normalized spacial score (nSPS) is 23.0. The van der Waals surface area contributed by atoms with E-state index in [-0.39, 0.29) is 6.04 Å². The quantitative estimate of drug-likeness (QED) is 0.697. The van der Waals surface area contributed by atoms with Crippen LogP contribution in [0, 0.1) is 0 Å². The maximum atomic E-state index is 10.9. The fourth-order valence-corrected chi connectivity index (χ4v) is 2.71. The lowest BCUT2D eigenvalue weighted by Gasteiger charge is -2.33. The number of unbranched alkanes of at least 4 members (excludes halogenated alkanes) is 2. The maximum Gasteiger partial charge on any atom is 0.407 e. The van der Waals surface area contributed by atoms with E-state index in [9.17, 15) is 4.79 Å². The van der Waals surface area contributed by atoms with Gasteiger partial charge in [-0.05, 0) is 65.6 Å². The largest absolute Gasteiger partial charge is 0.465 e. The molecular weight excluding hydrogens is 256 g/mol. The van der Waals surface area contributed by atoms with E-state index in [1.807, 2.05) is 0 Å². The van der Waals surface area contributed by atoms with Crippen molar-refractivity contribution in [1.29, 1.82) is 0 Å². The summed E-state index contributed by atoms with van der Waals surface area (Å²) in [6.45, 7) is 1.99. The van der Waals surface area contributed by atoms with E-state index < -0.39 is 6.09 Å². The van der Waals surface area contributed by atoms with Crippen molar-refractivity contribution in [3.05, 3.63) is 0 Å². The standard InChI is InChI=1S/C15H30N2O3/c1-16(2)11-5-4-6-12-20-14-9-7-13(8-10-14)17(3)15(18)19/h13-14H,4-12H2,1-3H3,(H,18,19). The van der Waals surface area contributed by atoms with Crippen molar-refractivity contribution in [2.45, 2.75) is 57.1 Å². The van der Waals surface area contributed by atoms with Crippen molar-refractivity contribution < 1.29 is 14.6 Å². The van der Waals surface area contributed by atoms with Crippen molar-refractivity contribution >= 4 is 6.09 Å². The first kappa shape index (κ1) is 17.2. The van der Waals surface area contributed by atoms with Gasteiger partial charge in [-0.2, -0.15) is 0 Å². The zero-order valence-corrected chi connectivity index (χ0v) is 13.2. The van der Waals surface area contributed by atoms with Gasteiger partial charge in [0.25, 0.3) is 0 Å². The van der Waals surface area contributed by atoms with Crippen LogP contribution in [0.5, 0.6) is 0 Å². The van der Waals surface area contributed by atoms with Crippen molar-refractivity contribution in [3.8, 4) is 0 Å². The van der Waals surface area contributed by atoms with E-state index in [1.165, 1.54) is 17.7 Å². The molecule has 0 unspecified atom stereocenters.